The van der Waals surface area contributed by atoms with Crippen molar-refractivity contribution in [2.24, 2.45) is 0 Å². The van der Waals surface area contributed by atoms with Crippen LogP contribution < -0.4 is 0 Å². The summed E-state index contributed by atoms with van der Waals surface area (Å²) in [5.41, 5.74) is 0. The lowest BCUT2D eigenvalue weighted by Gasteiger charge is -2.18. The van der Waals surface area contributed by atoms with Gasteiger partial charge >= 0.3 is 5.95 Å². The standard InChI is InChI=1S/C33H66O4/c1-5-9-12-15-18-21-24-28-34-31-37-33(36-30-26-23-20-17-14-11-7-3)32(27-8-4)35-29-25-22-19-16-13-10-6-2/h5-31H2,1-4H3. The van der Waals surface area contributed by atoms with E-state index in [1.807, 2.05) is 0 Å². The second-order valence-electron chi connectivity index (χ2n) is 10.7. The SMILES string of the molecule is CCCCCCCCCOCOC(OCCCCCCCCC)=C(CCC)OCCCCCCCCC. The van der Waals surface area contributed by atoms with E-state index in [9.17, 15) is 0 Å². The molecule has 0 unspecified atom stereocenters. The second-order valence-corrected chi connectivity index (χ2v) is 10.7. The smallest absolute Gasteiger partial charge is 0.321 e. The van der Waals surface area contributed by atoms with Gasteiger partial charge in [0.05, 0.1) is 19.8 Å². The van der Waals surface area contributed by atoms with Crippen LogP contribution in [0.3, 0.4) is 0 Å². The summed E-state index contributed by atoms with van der Waals surface area (Å²) >= 11 is 0. The molecule has 4 nitrogen and oxygen atoms in total. The largest absolute Gasteiger partial charge is 0.491 e. The van der Waals surface area contributed by atoms with Crippen LogP contribution in [0, 0.1) is 0 Å². The molecule has 0 radical (unpaired) electrons. The van der Waals surface area contributed by atoms with E-state index in [0.29, 0.717) is 12.6 Å². The predicted octanol–water partition coefficient (Wildman–Crippen LogP) is 11.2. The van der Waals surface area contributed by atoms with Crippen molar-refractivity contribution in [3.63, 3.8) is 0 Å². The molecule has 0 aliphatic carbocycles. The molecule has 37 heavy (non-hydrogen) atoms. The summed E-state index contributed by atoms with van der Waals surface area (Å²) in [5, 5.41) is 0. The molecule has 0 fully saturated rings. The lowest BCUT2D eigenvalue weighted by molar-refractivity contribution is -0.0845. The Morgan fingerprint density at radius 2 is 0.784 bits per heavy atom. The van der Waals surface area contributed by atoms with Crippen molar-refractivity contribution in [3.8, 4) is 0 Å². The highest BCUT2D eigenvalue weighted by Gasteiger charge is 2.12. The molecule has 4 heteroatoms. The first-order valence-corrected chi connectivity index (χ1v) is 16.5. The van der Waals surface area contributed by atoms with E-state index in [2.05, 4.69) is 27.7 Å². The third-order valence-electron chi connectivity index (χ3n) is 6.88. The van der Waals surface area contributed by atoms with Gasteiger partial charge in [0, 0.05) is 6.42 Å². The molecule has 0 aliphatic rings. The Labute approximate surface area is 232 Å². The molecular formula is C33H66O4. The molecule has 0 heterocycles. The molecule has 0 N–H and O–H groups in total. The highest BCUT2D eigenvalue weighted by Crippen LogP contribution is 2.18. The molecule has 222 valence electrons. The topological polar surface area (TPSA) is 36.9 Å². The maximum absolute atomic E-state index is 6.21. The van der Waals surface area contributed by atoms with Crippen molar-refractivity contribution in [1.29, 1.82) is 0 Å². The lowest BCUT2D eigenvalue weighted by Crippen LogP contribution is -2.10. The molecule has 0 saturated heterocycles. The van der Waals surface area contributed by atoms with Crippen LogP contribution >= 0.6 is 0 Å². The normalized spacial score (nSPS) is 12.0. The fourth-order valence-electron chi connectivity index (χ4n) is 4.46. The molecule has 0 atom stereocenters. The lowest BCUT2D eigenvalue weighted by atomic mass is 10.1. The van der Waals surface area contributed by atoms with Crippen molar-refractivity contribution in [2.45, 2.75) is 175 Å². The Morgan fingerprint density at radius 1 is 0.378 bits per heavy atom. The number of rotatable bonds is 31. The van der Waals surface area contributed by atoms with Crippen molar-refractivity contribution in [3.05, 3.63) is 11.7 Å². The van der Waals surface area contributed by atoms with Crippen LogP contribution in [0.1, 0.15) is 175 Å². The van der Waals surface area contributed by atoms with E-state index >= 15 is 0 Å². The number of hydrogen-bond donors (Lipinski definition) is 0. The van der Waals surface area contributed by atoms with Crippen molar-refractivity contribution in [2.75, 3.05) is 26.6 Å². The van der Waals surface area contributed by atoms with Crippen molar-refractivity contribution < 1.29 is 18.9 Å². The minimum absolute atomic E-state index is 0.246. The zero-order chi connectivity index (χ0) is 27.1. The van der Waals surface area contributed by atoms with Crippen molar-refractivity contribution in [1.82, 2.24) is 0 Å². The fraction of sp³-hybridized carbons (Fsp3) is 0.939. The summed E-state index contributed by atoms with van der Waals surface area (Å²) < 4.78 is 24.2. The van der Waals surface area contributed by atoms with Crippen LogP contribution in [0.2, 0.25) is 0 Å². The highest BCUT2D eigenvalue weighted by molar-refractivity contribution is 4.95. The van der Waals surface area contributed by atoms with Gasteiger partial charge in [-0.2, -0.15) is 0 Å². The van der Waals surface area contributed by atoms with Crippen LogP contribution in [0.4, 0.5) is 0 Å². The van der Waals surface area contributed by atoms with Gasteiger partial charge < -0.3 is 18.9 Å². The average Bonchev–Trinajstić information content (AvgIpc) is 2.91. The molecule has 0 bridgehead atoms. The number of ether oxygens (including phenoxy) is 4. The van der Waals surface area contributed by atoms with E-state index in [4.69, 9.17) is 18.9 Å². The number of unbranched alkanes of at least 4 members (excludes halogenated alkanes) is 18. The number of hydrogen-bond acceptors (Lipinski definition) is 4. The molecular weight excluding hydrogens is 460 g/mol. The maximum Gasteiger partial charge on any atom is 0.321 e. The highest BCUT2D eigenvalue weighted by atomic mass is 16.7. The van der Waals surface area contributed by atoms with Gasteiger partial charge in [-0.3, -0.25) is 0 Å². The van der Waals surface area contributed by atoms with E-state index in [-0.39, 0.29) is 6.79 Å². The summed E-state index contributed by atoms with van der Waals surface area (Å²) in [7, 11) is 0. The van der Waals surface area contributed by atoms with E-state index in [1.54, 1.807) is 0 Å². The summed E-state index contributed by atoms with van der Waals surface area (Å²) in [6.45, 7) is 11.4. The molecule has 0 aromatic heterocycles. The van der Waals surface area contributed by atoms with Gasteiger partial charge in [-0.05, 0) is 25.7 Å². The van der Waals surface area contributed by atoms with Gasteiger partial charge in [0.15, 0.2) is 12.6 Å². The van der Waals surface area contributed by atoms with E-state index < -0.39 is 0 Å². The van der Waals surface area contributed by atoms with Crippen LogP contribution in [0.25, 0.3) is 0 Å². The quantitative estimate of drug-likeness (QED) is 0.0511. The van der Waals surface area contributed by atoms with E-state index in [0.717, 1.165) is 51.1 Å². The van der Waals surface area contributed by atoms with Crippen LogP contribution in [-0.4, -0.2) is 26.6 Å². The fourth-order valence-corrected chi connectivity index (χ4v) is 4.46. The molecule has 0 spiro atoms. The Hall–Kier alpha value is -0.900. The summed E-state index contributed by atoms with van der Waals surface area (Å²) in [5.74, 6) is 1.44. The van der Waals surface area contributed by atoms with Gasteiger partial charge in [-0.15, -0.1) is 0 Å². The van der Waals surface area contributed by atoms with Crippen LogP contribution in [0.5, 0.6) is 0 Å². The number of allylic oxidation sites excluding steroid dienone is 1. The monoisotopic (exact) mass is 526 g/mol. The third kappa shape index (κ3) is 26.5. The Balaban J connectivity index is 4.46. The second kappa shape index (κ2) is 31.3. The summed E-state index contributed by atoms with van der Waals surface area (Å²) in [6.07, 6.45) is 28.8. The summed E-state index contributed by atoms with van der Waals surface area (Å²) in [4.78, 5) is 0. The minimum atomic E-state index is 0.246. The molecule has 0 aromatic rings. The maximum atomic E-state index is 6.21. The van der Waals surface area contributed by atoms with Gasteiger partial charge in [-0.25, -0.2) is 0 Å². The molecule has 0 rings (SSSR count). The first kappa shape index (κ1) is 36.1. The zero-order valence-electron chi connectivity index (χ0n) is 25.7. The zero-order valence-corrected chi connectivity index (χ0v) is 25.7. The van der Waals surface area contributed by atoms with Gasteiger partial charge in [0.2, 0.25) is 0 Å². The van der Waals surface area contributed by atoms with Gasteiger partial charge in [0.1, 0.15) is 0 Å². The van der Waals surface area contributed by atoms with Crippen LogP contribution in [-0.2, 0) is 18.9 Å². The average molecular weight is 527 g/mol. The van der Waals surface area contributed by atoms with Crippen LogP contribution in [0.15, 0.2) is 11.7 Å². The van der Waals surface area contributed by atoms with Gasteiger partial charge in [-0.1, -0.05) is 143 Å². The first-order valence-electron chi connectivity index (χ1n) is 16.5. The molecule has 0 aromatic carbocycles. The Bertz CT molecular complexity index is 463. The Morgan fingerprint density at radius 3 is 1.24 bits per heavy atom. The third-order valence-corrected chi connectivity index (χ3v) is 6.88. The minimum Gasteiger partial charge on any atom is -0.491 e. The Kier molecular flexibility index (Phi) is 30.6. The van der Waals surface area contributed by atoms with E-state index in [1.165, 1.54) is 116 Å². The predicted molar refractivity (Wildman–Crippen MR) is 160 cm³/mol. The van der Waals surface area contributed by atoms with Crippen molar-refractivity contribution >= 4 is 0 Å². The molecule has 0 saturated carbocycles. The molecule has 0 aliphatic heterocycles. The first-order chi connectivity index (χ1) is 18.3. The van der Waals surface area contributed by atoms with Gasteiger partial charge in [0.25, 0.3) is 0 Å². The summed E-state index contributed by atoms with van der Waals surface area (Å²) in [6, 6.07) is 0. The molecule has 0 amide bonds.